The number of hydrogen-bond donors (Lipinski definition) is 1. The second-order valence-electron chi connectivity index (χ2n) is 8.62. The number of sulfonamides is 1. The van der Waals surface area contributed by atoms with Crippen LogP contribution in [0.1, 0.15) is 24.5 Å². The number of halogens is 1. The normalized spacial score (nSPS) is 12.0. The third kappa shape index (κ3) is 6.90. The second-order valence-corrected chi connectivity index (χ2v) is 10.9. The molecule has 3 aromatic carbocycles. The van der Waals surface area contributed by atoms with Crippen LogP contribution < -0.4 is 9.62 Å². The number of rotatable bonds is 11. The number of nitrogens with one attached hydrogen (secondary N) is 1. The Morgan fingerprint density at radius 1 is 0.973 bits per heavy atom. The fourth-order valence-corrected chi connectivity index (χ4v) is 5.80. The fourth-order valence-electron chi connectivity index (χ4n) is 4.15. The highest BCUT2D eigenvalue weighted by Gasteiger charge is 2.33. The van der Waals surface area contributed by atoms with Crippen LogP contribution in [0.3, 0.4) is 0 Å². The largest absolute Gasteiger partial charge is 0.357 e. The lowest BCUT2D eigenvalue weighted by atomic mass is 10.1. The fraction of sp³-hybridized carbons (Fsp3) is 0.286. The Morgan fingerprint density at radius 3 is 2.19 bits per heavy atom. The Hall–Kier alpha value is -3.36. The molecule has 0 bridgehead atoms. The molecule has 196 valence electrons. The van der Waals surface area contributed by atoms with E-state index >= 15 is 0 Å². The molecule has 1 unspecified atom stereocenters. The summed E-state index contributed by atoms with van der Waals surface area (Å²) in [4.78, 5) is 28.1. The summed E-state index contributed by atoms with van der Waals surface area (Å²) in [7, 11) is -2.60. The summed E-state index contributed by atoms with van der Waals surface area (Å²) in [5.41, 5.74) is 1.96. The molecule has 0 saturated heterocycles. The van der Waals surface area contributed by atoms with Gasteiger partial charge in [0.05, 0.1) is 10.6 Å². The summed E-state index contributed by atoms with van der Waals surface area (Å²) < 4.78 is 28.7. The molecule has 2 amide bonds. The molecule has 0 spiro atoms. The number of carbonyl (C=O) groups is 2. The Labute approximate surface area is 224 Å². The summed E-state index contributed by atoms with van der Waals surface area (Å²) in [5, 5.41) is 2.97. The monoisotopic (exact) mass is 541 g/mol. The van der Waals surface area contributed by atoms with Crippen molar-refractivity contribution in [3.8, 4) is 0 Å². The first kappa shape index (κ1) is 28.2. The van der Waals surface area contributed by atoms with Crippen LogP contribution in [0, 0.1) is 6.92 Å². The molecule has 3 aromatic rings. The van der Waals surface area contributed by atoms with E-state index in [4.69, 9.17) is 11.6 Å². The predicted molar refractivity (Wildman–Crippen MR) is 147 cm³/mol. The lowest BCUT2D eigenvalue weighted by molar-refractivity contribution is -0.139. The summed E-state index contributed by atoms with van der Waals surface area (Å²) in [6.07, 6.45) is 0.892. The van der Waals surface area contributed by atoms with Gasteiger partial charge in [-0.2, -0.15) is 0 Å². The summed E-state index contributed by atoms with van der Waals surface area (Å²) >= 11 is 6.24. The number of benzene rings is 3. The van der Waals surface area contributed by atoms with Crippen molar-refractivity contribution in [3.05, 3.63) is 95.0 Å². The van der Waals surface area contributed by atoms with Crippen LogP contribution >= 0.6 is 11.6 Å². The van der Waals surface area contributed by atoms with Crippen LogP contribution in [-0.4, -0.2) is 51.3 Å². The van der Waals surface area contributed by atoms with E-state index in [0.29, 0.717) is 29.1 Å². The van der Waals surface area contributed by atoms with Gasteiger partial charge < -0.3 is 10.2 Å². The van der Waals surface area contributed by atoms with Crippen LogP contribution in [0.15, 0.2) is 83.8 Å². The molecule has 0 aliphatic heterocycles. The molecule has 0 heterocycles. The molecule has 0 aliphatic carbocycles. The third-order valence-electron chi connectivity index (χ3n) is 6.17. The molecule has 0 aliphatic rings. The van der Waals surface area contributed by atoms with Gasteiger partial charge in [-0.25, -0.2) is 8.42 Å². The number of anilines is 1. The maximum atomic E-state index is 13.8. The average Bonchev–Trinajstić information content (AvgIpc) is 2.91. The maximum absolute atomic E-state index is 13.8. The van der Waals surface area contributed by atoms with Crippen molar-refractivity contribution >= 4 is 39.1 Å². The van der Waals surface area contributed by atoms with Crippen LogP contribution in [0.5, 0.6) is 0 Å². The highest BCUT2D eigenvalue weighted by atomic mass is 35.5. The summed E-state index contributed by atoms with van der Waals surface area (Å²) in [5.74, 6) is -0.787. The number of likely N-dealkylation sites (N-methyl/N-ethyl adjacent to an activating group) is 1. The summed E-state index contributed by atoms with van der Waals surface area (Å²) in [6, 6.07) is 21.7. The molecule has 3 rings (SSSR count). The predicted octanol–water partition coefficient (Wildman–Crippen LogP) is 4.44. The van der Waals surface area contributed by atoms with Crippen molar-refractivity contribution in [3.63, 3.8) is 0 Å². The Kier molecular flexibility index (Phi) is 9.72. The van der Waals surface area contributed by atoms with E-state index in [1.807, 2.05) is 37.3 Å². The van der Waals surface area contributed by atoms with Crippen molar-refractivity contribution < 1.29 is 18.0 Å². The van der Waals surface area contributed by atoms with E-state index in [1.165, 1.54) is 30.1 Å². The van der Waals surface area contributed by atoms with Gasteiger partial charge in [-0.1, -0.05) is 73.1 Å². The lowest BCUT2D eigenvalue weighted by Crippen LogP contribution is -2.52. The smallest absolute Gasteiger partial charge is 0.264 e. The highest BCUT2D eigenvalue weighted by molar-refractivity contribution is 7.92. The van der Waals surface area contributed by atoms with Gasteiger partial charge in [0.1, 0.15) is 12.6 Å². The molecule has 1 atom stereocenters. The van der Waals surface area contributed by atoms with Gasteiger partial charge in [-0.05, 0) is 55.2 Å². The van der Waals surface area contributed by atoms with Gasteiger partial charge >= 0.3 is 0 Å². The quantitative estimate of drug-likeness (QED) is 0.389. The van der Waals surface area contributed by atoms with E-state index < -0.39 is 28.5 Å². The number of aryl methyl sites for hydroxylation is 1. The van der Waals surface area contributed by atoms with E-state index in [9.17, 15) is 18.0 Å². The first-order valence-corrected chi connectivity index (χ1v) is 13.9. The van der Waals surface area contributed by atoms with Crippen molar-refractivity contribution in [2.45, 2.75) is 37.6 Å². The zero-order chi connectivity index (χ0) is 27.0. The van der Waals surface area contributed by atoms with E-state index in [2.05, 4.69) is 5.32 Å². The minimum atomic E-state index is -4.12. The first-order valence-electron chi connectivity index (χ1n) is 12.1. The SMILES string of the molecule is CCC(C(=O)NC)N(CCc1ccccc1)C(=O)CN(c1cc(Cl)ccc1C)S(=O)(=O)c1ccccc1. The van der Waals surface area contributed by atoms with Crippen LogP contribution in [-0.2, 0) is 26.0 Å². The molecular weight excluding hydrogens is 510 g/mol. The molecular formula is C28H32ClN3O4S. The number of carbonyl (C=O) groups excluding carboxylic acids is 2. The van der Waals surface area contributed by atoms with Crippen molar-refractivity contribution in [2.75, 3.05) is 24.4 Å². The zero-order valence-corrected chi connectivity index (χ0v) is 22.8. The van der Waals surface area contributed by atoms with E-state index in [1.54, 1.807) is 37.3 Å². The van der Waals surface area contributed by atoms with Crippen LogP contribution in [0.2, 0.25) is 5.02 Å². The molecule has 0 saturated carbocycles. The van der Waals surface area contributed by atoms with Crippen molar-refractivity contribution in [1.82, 2.24) is 10.2 Å². The maximum Gasteiger partial charge on any atom is 0.264 e. The Morgan fingerprint density at radius 2 is 1.59 bits per heavy atom. The standard InChI is InChI=1S/C28H32ClN3O4S/c1-4-25(28(34)30-3)31(18-17-22-11-7-5-8-12-22)27(33)20-32(26-19-23(29)16-15-21(26)2)37(35,36)24-13-9-6-10-14-24/h5-16,19,25H,4,17-18,20H2,1-3H3,(H,30,34). The zero-order valence-electron chi connectivity index (χ0n) is 21.2. The topological polar surface area (TPSA) is 86.8 Å². The van der Waals surface area contributed by atoms with Gasteiger partial charge in [0, 0.05) is 18.6 Å². The third-order valence-corrected chi connectivity index (χ3v) is 8.18. The first-order chi connectivity index (χ1) is 17.7. The number of nitrogens with zero attached hydrogens (tertiary/aromatic N) is 2. The van der Waals surface area contributed by atoms with Gasteiger partial charge in [-0.15, -0.1) is 0 Å². The Bertz CT molecular complexity index is 1320. The van der Waals surface area contributed by atoms with Crippen LogP contribution in [0.4, 0.5) is 5.69 Å². The van der Waals surface area contributed by atoms with Crippen LogP contribution in [0.25, 0.3) is 0 Å². The van der Waals surface area contributed by atoms with E-state index in [0.717, 1.165) is 9.87 Å². The lowest BCUT2D eigenvalue weighted by Gasteiger charge is -2.33. The van der Waals surface area contributed by atoms with Crippen molar-refractivity contribution in [2.24, 2.45) is 0 Å². The summed E-state index contributed by atoms with van der Waals surface area (Å²) in [6.45, 7) is 3.35. The molecule has 9 heteroatoms. The number of amides is 2. The molecule has 0 fully saturated rings. The molecule has 0 aromatic heterocycles. The molecule has 37 heavy (non-hydrogen) atoms. The molecule has 7 nitrogen and oxygen atoms in total. The van der Waals surface area contributed by atoms with Crippen molar-refractivity contribution in [1.29, 1.82) is 0 Å². The molecule has 1 N–H and O–H groups in total. The van der Waals surface area contributed by atoms with Gasteiger partial charge in [0.15, 0.2) is 0 Å². The Balaban J connectivity index is 2.03. The number of hydrogen-bond acceptors (Lipinski definition) is 4. The van der Waals surface area contributed by atoms with Gasteiger partial charge in [0.2, 0.25) is 11.8 Å². The van der Waals surface area contributed by atoms with Gasteiger partial charge in [0.25, 0.3) is 10.0 Å². The minimum absolute atomic E-state index is 0.0522. The second kappa shape index (κ2) is 12.7. The van der Waals surface area contributed by atoms with Gasteiger partial charge in [-0.3, -0.25) is 13.9 Å². The average molecular weight is 542 g/mol. The minimum Gasteiger partial charge on any atom is -0.357 e. The molecule has 0 radical (unpaired) electrons. The highest BCUT2D eigenvalue weighted by Crippen LogP contribution is 2.30. The van der Waals surface area contributed by atoms with E-state index in [-0.39, 0.29) is 17.3 Å².